The molecule has 1 saturated carbocycles. The summed E-state index contributed by atoms with van der Waals surface area (Å²) < 4.78 is 0. The molecule has 1 amide bonds. The van der Waals surface area contributed by atoms with Gasteiger partial charge >= 0.3 is 0 Å². The summed E-state index contributed by atoms with van der Waals surface area (Å²) in [6.07, 6.45) is 3.68. The van der Waals surface area contributed by atoms with E-state index < -0.39 is 0 Å². The summed E-state index contributed by atoms with van der Waals surface area (Å²) in [4.78, 5) is 16.1. The Balaban J connectivity index is 1.77. The highest BCUT2D eigenvalue weighted by atomic mass is 35.5. The maximum atomic E-state index is 12.0. The molecule has 21 heavy (non-hydrogen) atoms. The lowest BCUT2D eigenvalue weighted by Gasteiger charge is -2.10. The van der Waals surface area contributed by atoms with Gasteiger partial charge in [-0.05, 0) is 43.2 Å². The monoisotopic (exact) mass is 321 g/mol. The van der Waals surface area contributed by atoms with Crippen molar-refractivity contribution in [2.75, 3.05) is 5.32 Å². The highest BCUT2D eigenvalue weighted by molar-refractivity contribution is 6.36. The predicted octanol–water partition coefficient (Wildman–Crippen LogP) is 4.02. The smallest absolute Gasteiger partial charge is 0.270 e. The summed E-state index contributed by atoms with van der Waals surface area (Å²) in [7, 11) is 0. The number of carbonyl (C=O) groups is 1. The zero-order valence-corrected chi connectivity index (χ0v) is 12.6. The van der Waals surface area contributed by atoms with Gasteiger partial charge in [-0.25, -0.2) is 0 Å². The molecule has 3 rings (SSSR count). The molecule has 2 aromatic rings. The van der Waals surface area contributed by atoms with Crippen molar-refractivity contribution < 1.29 is 4.79 Å². The van der Waals surface area contributed by atoms with Crippen LogP contribution in [-0.4, -0.2) is 16.9 Å². The van der Waals surface area contributed by atoms with Gasteiger partial charge < -0.3 is 10.6 Å². The highest BCUT2D eigenvalue weighted by Crippen LogP contribution is 2.28. The van der Waals surface area contributed by atoms with Crippen LogP contribution in [0.2, 0.25) is 10.0 Å². The topological polar surface area (TPSA) is 54.0 Å². The number of carbonyl (C=O) groups excluding carboxylic acids is 1. The van der Waals surface area contributed by atoms with Crippen LogP contribution in [0.1, 0.15) is 23.3 Å². The number of anilines is 2. The molecule has 0 bridgehead atoms. The molecule has 1 heterocycles. The van der Waals surface area contributed by atoms with Gasteiger partial charge in [0, 0.05) is 22.9 Å². The fraction of sp³-hybridized carbons (Fsp3) is 0.200. The van der Waals surface area contributed by atoms with Crippen molar-refractivity contribution in [2.24, 2.45) is 0 Å². The quantitative estimate of drug-likeness (QED) is 0.894. The average Bonchev–Trinajstić information content (AvgIpc) is 3.26. The molecule has 4 nitrogen and oxygen atoms in total. The lowest BCUT2D eigenvalue weighted by molar-refractivity contribution is 0.0946. The number of halogens is 2. The van der Waals surface area contributed by atoms with E-state index in [9.17, 15) is 4.79 Å². The van der Waals surface area contributed by atoms with Crippen LogP contribution in [0.15, 0.2) is 36.5 Å². The van der Waals surface area contributed by atoms with Gasteiger partial charge in [-0.1, -0.05) is 23.2 Å². The second-order valence-electron chi connectivity index (χ2n) is 4.93. The lowest BCUT2D eigenvalue weighted by atomic mass is 10.2. The van der Waals surface area contributed by atoms with Gasteiger partial charge in [-0.3, -0.25) is 9.78 Å². The van der Waals surface area contributed by atoms with Gasteiger partial charge in [0.15, 0.2) is 0 Å². The zero-order valence-electron chi connectivity index (χ0n) is 11.1. The number of rotatable bonds is 4. The van der Waals surface area contributed by atoms with Gasteiger partial charge in [0.25, 0.3) is 5.91 Å². The van der Waals surface area contributed by atoms with Crippen LogP contribution in [0.5, 0.6) is 0 Å². The van der Waals surface area contributed by atoms with Gasteiger partial charge in [0.1, 0.15) is 5.69 Å². The Morgan fingerprint density at radius 1 is 1.19 bits per heavy atom. The van der Waals surface area contributed by atoms with E-state index in [0.29, 0.717) is 21.8 Å². The van der Waals surface area contributed by atoms with E-state index in [4.69, 9.17) is 23.2 Å². The molecular formula is C15H13Cl2N3O. The maximum Gasteiger partial charge on any atom is 0.270 e. The molecular weight excluding hydrogens is 309 g/mol. The molecule has 6 heteroatoms. The first-order valence-electron chi connectivity index (χ1n) is 6.61. The summed E-state index contributed by atoms with van der Waals surface area (Å²) in [6.45, 7) is 0. The number of aromatic nitrogens is 1. The van der Waals surface area contributed by atoms with Gasteiger partial charge in [0.05, 0.1) is 10.7 Å². The standard InChI is InChI=1S/C15H13Cl2N3O/c16-9-1-4-13(12(17)7-9)19-11-5-6-18-14(8-11)15(21)20-10-2-3-10/h1,4-8,10H,2-3H2,(H,18,19)(H,20,21). The van der Waals surface area contributed by atoms with Crippen molar-refractivity contribution in [3.05, 3.63) is 52.3 Å². The molecule has 0 unspecified atom stereocenters. The minimum atomic E-state index is -0.150. The van der Waals surface area contributed by atoms with Crippen molar-refractivity contribution in [1.29, 1.82) is 0 Å². The Morgan fingerprint density at radius 2 is 2.00 bits per heavy atom. The molecule has 0 spiro atoms. The third-order valence-corrected chi connectivity index (χ3v) is 3.66. The Bertz CT molecular complexity index is 686. The van der Waals surface area contributed by atoms with Crippen LogP contribution in [0, 0.1) is 0 Å². The van der Waals surface area contributed by atoms with Crippen molar-refractivity contribution in [1.82, 2.24) is 10.3 Å². The molecule has 1 fully saturated rings. The lowest BCUT2D eigenvalue weighted by Crippen LogP contribution is -2.26. The van der Waals surface area contributed by atoms with Crippen molar-refractivity contribution >= 4 is 40.5 Å². The van der Waals surface area contributed by atoms with E-state index in [1.165, 1.54) is 0 Å². The predicted molar refractivity (Wildman–Crippen MR) is 84.5 cm³/mol. The third kappa shape index (κ3) is 3.65. The van der Waals surface area contributed by atoms with Crippen LogP contribution in [0.3, 0.4) is 0 Å². The summed E-state index contributed by atoms with van der Waals surface area (Å²) in [6, 6.07) is 8.98. The Labute approximate surface area is 132 Å². The first kappa shape index (κ1) is 14.2. The number of nitrogens with zero attached hydrogens (tertiary/aromatic N) is 1. The molecule has 0 saturated heterocycles. The second-order valence-corrected chi connectivity index (χ2v) is 5.77. The van der Waals surface area contributed by atoms with E-state index in [-0.39, 0.29) is 5.91 Å². The fourth-order valence-electron chi connectivity index (χ4n) is 1.87. The van der Waals surface area contributed by atoms with Gasteiger partial charge in [-0.15, -0.1) is 0 Å². The van der Waals surface area contributed by atoms with Crippen LogP contribution < -0.4 is 10.6 Å². The van der Waals surface area contributed by atoms with Crippen molar-refractivity contribution in [3.63, 3.8) is 0 Å². The molecule has 1 aromatic carbocycles. The van der Waals surface area contributed by atoms with Crippen molar-refractivity contribution in [2.45, 2.75) is 18.9 Å². The first-order valence-corrected chi connectivity index (χ1v) is 7.36. The minimum absolute atomic E-state index is 0.150. The maximum absolute atomic E-state index is 12.0. The highest BCUT2D eigenvalue weighted by Gasteiger charge is 2.24. The molecule has 2 N–H and O–H groups in total. The fourth-order valence-corrected chi connectivity index (χ4v) is 2.32. The average molecular weight is 322 g/mol. The third-order valence-electron chi connectivity index (χ3n) is 3.12. The van der Waals surface area contributed by atoms with E-state index >= 15 is 0 Å². The van der Waals surface area contributed by atoms with E-state index in [1.54, 1.807) is 36.5 Å². The molecule has 1 aliphatic rings. The number of amides is 1. The van der Waals surface area contributed by atoms with E-state index in [0.717, 1.165) is 24.2 Å². The second kappa shape index (κ2) is 5.92. The van der Waals surface area contributed by atoms with Gasteiger partial charge in [0.2, 0.25) is 0 Å². The normalized spacial score (nSPS) is 13.8. The SMILES string of the molecule is O=C(NC1CC1)c1cc(Nc2ccc(Cl)cc2Cl)ccn1. The number of nitrogens with one attached hydrogen (secondary N) is 2. The van der Waals surface area contributed by atoms with Gasteiger partial charge in [-0.2, -0.15) is 0 Å². The Kier molecular flexibility index (Phi) is 3.99. The molecule has 0 atom stereocenters. The summed E-state index contributed by atoms with van der Waals surface area (Å²) in [5.74, 6) is -0.150. The van der Waals surface area contributed by atoms with Crippen LogP contribution in [0.4, 0.5) is 11.4 Å². The Morgan fingerprint density at radius 3 is 2.71 bits per heavy atom. The van der Waals surface area contributed by atoms with Crippen LogP contribution in [-0.2, 0) is 0 Å². The Hall–Kier alpha value is -1.78. The number of benzene rings is 1. The van der Waals surface area contributed by atoms with Crippen molar-refractivity contribution in [3.8, 4) is 0 Å². The number of hydrogen-bond donors (Lipinski definition) is 2. The molecule has 0 aliphatic heterocycles. The molecule has 0 radical (unpaired) electrons. The molecule has 1 aliphatic carbocycles. The van der Waals surface area contributed by atoms with E-state index in [2.05, 4.69) is 15.6 Å². The molecule has 108 valence electrons. The first-order chi connectivity index (χ1) is 10.1. The number of hydrogen-bond acceptors (Lipinski definition) is 3. The number of pyridine rings is 1. The summed E-state index contributed by atoms with van der Waals surface area (Å²) >= 11 is 12.0. The molecule has 1 aromatic heterocycles. The van der Waals surface area contributed by atoms with E-state index in [1.807, 2.05) is 0 Å². The van der Waals surface area contributed by atoms with Crippen LogP contribution >= 0.6 is 23.2 Å². The zero-order chi connectivity index (χ0) is 14.8. The summed E-state index contributed by atoms with van der Waals surface area (Å²) in [5.41, 5.74) is 1.85. The summed E-state index contributed by atoms with van der Waals surface area (Å²) in [5, 5.41) is 7.15. The minimum Gasteiger partial charge on any atom is -0.354 e. The van der Waals surface area contributed by atoms with Crippen LogP contribution in [0.25, 0.3) is 0 Å². The largest absolute Gasteiger partial charge is 0.354 e.